The average molecular weight is 421 g/mol. The molecule has 2 heterocycles. The lowest BCUT2D eigenvalue weighted by molar-refractivity contribution is 0.0953. The summed E-state index contributed by atoms with van der Waals surface area (Å²) < 4.78 is 13.6. The van der Waals surface area contributed by atoms with Crippen molar-refractivity contribution in [3.8, 4) is 0 Å². The summed E-state index contributed by atoms with van der Waals surface area (Å²) in [5.41, 5.74) is 3.36. The maximum atomic E-state index is 13.6. The van der Waals surface area contributed by atoms with Crippen LogP contribution in [0.2, 0.25) is 5.02 Å². The Kier molecular flexibility index (Phi) is 6.63. The molecule has 3 amide bonds. The molecule has 0 unspecified atom stereocenters. The molecule has 0 saturated carbocycles. The van der Waals surface area contributed by atoms with Crippen LogP contribution in [0.1, 0.15) is 16.1 Å². The molecule has 0 radical (unpaired) electrons. The number of hydrogen-bond donors (Lipinski definition) is 2. The number of carbonyl (C=O) groups is 2. The van der Waals surface area contributed by atoms with Gasteiger partial charge in [0.2, 0.25) is 0 Å². The Morgan fingerprint density at radius 3 is 2.55 bits per heavy atom. The number of hydrogen-bond acceptors (Lipinski definition) is 5. The largest absolute Gasteiger partial charge is 0.324 e. The molecule has 0 spiro atoms. The highest BCUT2D eigenvalue weighted by Crippen LogP contribution is 2.25. The van der Waals surface area contributed by atoms with Crippen molar-refractivity contribution in [1.82, 2.24) is 20.2 Å². The molecule has 0 aliphatic carbocycles. The minimum atomic E-state index is -0.558. The molecule has 154 valence electrons. The molecule has 1 fully saturated rings. The highest BCUT2D eigenvalue weighted by molar-refractivity contribution is 6.31. The normalized spacial score (nSPS) is 14.6. The van der Waals surface area contributed by atoms with E-state index < -0.39 is 11.7 Å². The summed E-state index contributed by atoms with van der Waals surface area (Å²) in [6, 6.07) is 7.14. The van der Waals surface area contributed by atoms with Crippen LogP contribution in [0.25, 0.3) is 0 Å². The van der Waals surface area contributed by atoms with E-state index in [1.165, 1.54) is 29.3 Å². The Balaban J connectivity index is 1.87. The number of piperazine rings is 1. The van der Waals surface area contributed by atoms with Gasteiger partial charge in [-0.15, -0.1) is 0 Å². The van der Waals surface area contributed by atoms with E-state index >= 15 is 0 Å². The van der Waals surface area contributed by atoms with Gasteiger partial charge in [-0.05, 0) is 37.4 Å². The van der Waals surface area contributed by atoms with Crippen molar-refractivity contribution in [3.63, 3.8) is 0 Å². The summed E-state index contributed by atoms with van der Waals surface area (Å²) in [5, 5.41) is -0.0680. The monoisotopic (exact) mass is 420 g/mol. The lowest BCUT2D eigenvalue weighted by Gasteiger charge is -2.36. The lowest BCUT2D eigenvalue weighted by atomic mass is 10.2. The number of rotatable bonds is 4. The van der Waals surface area contributed by atoms with Crippen molar-refractivity contribution in [1.29, 1.82) is 0 Å². The number of aromatic nitrogens is 1. The number of nitrogens with one attached hydrogen (secondary N) is 1. The van der Waals surface area contributed by atoms with E-state index in [1.54, 1.807) is 17.0 Å². The van der Waals surface area contributed by atoms with Crippen LogP contribution in [-0.2, 0) is 6.54 Å². The second-order valence-electron chi connectivity index (χ2n) is 6.77. The molecule has 29 heavy (non-hydrogen) atoms. The molecule has 0 atom stereocenters. The third-order valence-electron chi connectivity index (χ3n) is 4.76. The minimum Gasteiger partial charge on any atom is -0.322 e. The molecule has 1 aliphatic rings. The minimum absolute atomic E-state index is 0.0680. The van der Waals surface area contributed by atoms with Gasteiger partial charge in [0, 0.05) is 38.1 Å². The number of pyridine rings is 1. The second kappa shape index (κ2) is 9.17. The zero-order chi connectivity index (χ0) is 21.0. The number of halogens is 2. The molecule has 1 saturated heterocycles. The highest BCUT2D eigenvalue weighted by atomic mass is 35.5. The molecular weight excluding hydrogens is 399 g/mol. The summed E-state index contributed by atoms with van der Waals surface area (Å²) in [6.45, 7) is 2.85. The van der Waals surface area contributed by atoms with E-state index in [0.29, 0.717) is 30.0 Å². The first-order valence-corrected chi connectivity index (χ1v) is 9.42. The zero-order valence-electron chi connectivity index (χ0n) is 15.9. The van der Waals surface area contributed by atoms with Crippen LogP contribution < -0.4 is 16.2 Å². The smallest absolute Gasteiger partial charge is 0.322 e. The maximum Gasteiger partial charge on any atom is 0.324 e. The van der Waals surface area contributed by atoms with Crippen LogP contribution in [0.3, 0.4) is 0 Å². The van der Waals surface area contributed by atoms with Crippen LogP contribution >= 0.6 is 11.6 Å². The summed E-state index contributed by atoms with van der Waals surface area (Å²) in [5.74, 6) is 4.11. The Morgan fingerprint density at radius 2 is 1.97 bits per heavy atom. The van der Waals surface area contributed by atoms with E-state index in [9.17, 15) is 14.0 Å². The summed E-state index contributed by atoms with van der Waals surface area (Å²) >= 11 is 5.94. The summed E-state index contributed by atoms with van der Waals surface area (Å²) in [4.78, 5) is 34.4. The number of likely N-dealkylation sites (N-methyl/N-ethyl adjacent to an activating group) is 1. The van der Waals surface area contributed by atoms with Crippen molar-refractivity contribution in [3.05, 3.63) is 58.6 Å². The molecule has 0 bridgehead atoms. The zero-order valence-corrected chi connectivity index (χ0v) is 16.7. The van der Waals surface area contributed by atoms with Crippen LogP contribution in [0.15, 0.2) is 36.5 Å². The third-order valence-corrected chi connectivity index (χ3v) is 5.05. The first-order valence-electron chi connectivity index (χ1n) is 9.05. The molecule has 3 N–H and O–H groups in total. The van der Waals surface area contributed by atoms with Gasteiger partial charge in [-0.2, -0.15) is 0 Å². The van der Waals surface area contributed by atoms with Crippen LogP contribution in [-0.4, -0.2) is 59.9 Å². The average Bonchev–Trinajstić information content (AvgIpc) is 2.74. The van der Waals surface area contributed by atoms with E-state index in [2.05, 4.69) is 9.88 Å². The molecule has 3 rings (SSSR count). The van der Waals surface area contributed by atoms with Gasteiger partial charge in [0.25, 0.3) is 5.91 Å². The Morgan fingerprint density at radius 1 is 1.24 bits per heavy atom. The number of benzene rings is 1. The summed E-state index contributed by atoms with van der Waals surface area (Å²) in [7, 11) is 2.00. The quantitative estimate of drug-likeness (QED) is 0.447. The molecule has 1 aromatic heterocycles. The van der Waals surface area contributed by atoms with Gasteiger partial charge >= 0.3 is 6.03 Å². The third kappa shape index (κ3) is 5.00. The van der Waals surface area contributed by atoms with Gasteiger partial charge in [-0.3, -0.25) is 20.1 Å². The number of carbonyl (C=O) groups excluding carboxylic acids is 2. The first kappa shape index (κ1) is 21.0. The van der Waals surface area contributed by atoms with Crippen molar-refractivity contribution in [2.75, 3.05) is 38.1 Å². The van der Waals surface area contributed by atoms with Crippen LogP contribution in [0.5, 0.6) is 0 Å². The summed E-state index contributed by atoms with van der Waals surface area (Å²) in [6.07, 6.45) is 1.38. The SMILES string of the molecule is CN1CCN(C(=O)N(Cc2ccc(C(=O)NN)cn2)c2ccc(F)c(Cl)c2)CC1. The molecule has 10 heteroatoms. The molecular formula is C19H22ClFN6O2. The number of nitrogens with two attached hydrogens (primary N) is 1. The van der Waals surface area contributed by atoms with Crippen molar-refractivity contribution in [2.45, 2.75) is 6.54 Å². The van der Waals surface area contributed by atoms with Gasteiger partial charge < -0.3 is 9.80 Å². The van der Waals surface area contributed by atoms with Gasteiger partial charge in [0.15, 0.2) is 0 Å². The second-order valence-corrected chi connectivity index (χ2v) is 7.18. The number of hydrazine groups is 1. The molecule has 2 aromatic rings. The van der Waals surface area contributed by atoms with Crippen molar-refractivity contribution < 1.29 is 14.0 Å². The van der Waals surface area contributed by atoms with E-state index in [-0.39, 0.29) is 17.6 Å². The van der Waals surface area contributed by atoms with E-state index in [4.69, 9.17) is 17.4 Å². The first-order chi connectivity index (χ1) is 13.9. The van der Waals surface area contributed by atoms with Crippen LogP contribution in [0.4, 0.5) is 14.9 Å². The number of nitrogens with zero attached hydrogens (tertiary/aromatic N) is 4. The molecule has 1 aliphatic heterocycles. The van der Waals surface area contributed by atoms with Gasteiger partial charge in [-0.25, -0.2) is 15.0 Å². The lowest BCUT2D eigenvalue weighted by Crippen LogP contribution is -2.52. The Bertz CT molecular complexity index is 887. The number of nitrogen functional groups attached to an aromatic ring is 1. The fourth-order valence-electron chi connectivity index (χ4n) is 2.99. The molecule has 1 aromatic carbocycles. The number of urea groups is 1. The fraction of sp³-hybridized carbons (Fsp3) is 0.316. The van der Waals surface area contributed by atoms with Crippen LogP contribution in [0, 0.1) is 5.82 Å². The predicted molar refractivity (Wildman–Crippen MR) is 108 cm³/mol. The standard InChI is InChI=1S/C19H22ClFN6O2/c1-25-6-8-26(9-7-25)19(29)27(15-4-5-17(21)16(20)10-15)12-14-3-2-13(11-23-14)18(28)24-22/h2-5,10-11H,6-9,12,22H2,1H3,(H,24,28). The van der Waals surface area contributed by atoms with E-state index in [1.807, 2.05) is 12.5 Å². The molecule has 8 nitrogen and oxygen atoms in total. The Hall–Kier alpha value is -2.75. The highest BCUT2D eigenvalue weighted by Gasteiger charge is 2.26. The number of amides is 3. The van der Waals surface area contributed by atoms with Crippen molar-refractivity contribution >= 4 is 29.2 Å². The van der Waals surface area contributed by atoms with Crippen molar-refractivity contribution in [2.24, 2.45) is 5.84 Å². The number of anilines is 1. The predicted octanol–water partition coefficient (Wildman–Crippen LogP) is 1.85. The van der Waals surface area contributed by atoms with E-state index in [0.717, 1.165) is 13.1 Å². The van der Waals surface area contributed by atoms with Gasteiger partial charge in [0.05, 0.1) is 22.8 Å². The maximum absolute atomic E-state index is 13.6. The fourth-order valence-corrected chi connectivity index (χ4v) is 3.16. The topological polar surface area (TPSA) is 94.8 Å². The Labute approximate surface area is 173 Å². The van der Waals surface area contributed by atoms with Gasteiger partial charge in [0.1, 0.15) is 5.82 Å². The van der Waals surface area contributed by atoms with Gasteiger partial charge in [-0.1, -0.05) is 11.6 Å².